The zero-order chi connectivity index (χ0) is 15.2. The van der Waals surface area contributed by atoms with Gasteiger partial charge in [0.15, 0.2) is 0 Å². The van der Waals surface area contributed by atoms with Gasteiger partial charge in [0.2, 0.25) is 0 Å². The molecule has 0 radical (unpaired) electrons. The highest BCUT2D eigenvalue weighted by molar-refractivity contribution is 6.58. The molecule has 0 aromatic heterocycles. The van der Waals surface area contributed by atoms with Gasteiger partial charge in [-0.2, -0.15) is 0 Å². The lowest BCUT2D eigenvalue weighted by molar-refractivity contribution is -0.141. The topological polar surface area (TPSA) is 66.8 Å². The summed E-state index contributed by atoms with van der Waals surface area (Å²) in [6, 6.07) is 7.55. The molecule has 0 saturated heterocycles. The van der Waals surface area contributed by atoms with E-state index in [0.717, 1.165) is 32.1 Å². The Morgan fingerprint density at radius 1 is 1.19 bits per heavy atom. The summed E-state index contributed by atoms with van der Waals surface area (Å²) in [4.78, 5) is 11.2. The maximum atomic E-state index is 11.2. The number of hydrogen-bond donors (Lipinski definition) is 2. The van der Waals surface area contributed by atoms with E-state index in [-0.39, 0.29) is 5.97 Å². The van der Waals surface area contributed by atoms with Crippen LogP contribution in [0.1, 0.15) is 50.0 Å². The zero-order valence-corrected chi connectivity index (χ0v) is 12.5. The average molecular weight is 290 g/mol. The summed E-state index contributed by atoms with van der Waals surface area (Å²) in [5, 5.41) is 18.2. The summed E-state index contributed by atoms with van der Waals surface area (Å²) in [6.07, 6.45) is 6.00. The Balaban J connectivity index is 1.82. The molecule has 21 heavy (non-hydrogen) atoms. The van der Waals surface area contributed by atoms with Crippen molar-refractivity contribution in [3.63, 3.8) is 0 Å². The normalized spacial score (nSPS) is 21.9. The van der Waals surface area contributed by atoms with Crippen molar-refractivity contribution < 1.29 is 19.6 Å². The lowest BCUT2D eigenvalue weighted by atomic mass is 9.75. The van der Waals surface area contributed by atoms with Crippen molar-refractivity contribution in [1.82, 2.24) is 0 Å². The Kier molecular flexibility index (Phi) is 5.82. The molecule has 0 atom stereocenters. The second-order valence-corrected chi connectivity index (χ2v) is 5.87. The molecule has 1 aliphatic carbocycles. The Bertz CT molecular complexity index is 450. The SMILES string of the molecule is COC(=O)CCC1CCC(c2ccc(B(O)O)cc2)CC1. The maximum Gasteiger partial charge on any atom is 0.488 e. The van der Waals surface area contributed by atoms with E-state index in [9.17, 15) is 4.79 Å². The fourth-order valence-electron chi connectivity index (χ4n) is 3.15. The van der Waals surface area contributed by atoms with Gasteiger partial charge in [-0.25, -0.2) is 0 Å². The van der Waals surface area contributed by atoms with Crippen LogP contribution in [-0.2, 0) is 9.53 Å². The Morgan fingerprint density at radius 3 is 2.33 bits per heavy atom. The Labute approximate surface area is 126 Å². The highest BCUT2D eigenvalue weighted by Crippen LogP contribution is 2.37. The number of hydrogen-bond acceptors (Lipinski definition) is 4. The third-order valence-electron chi connectivity index (χ3n) is 4.54. The van der Waals surface area contributed by atoms with Crippen LogP contribution in [0.25, 0.3) is 0 Å². The molecule has 2 rings (SSSR count). The van der Waals surface area contributed by atoms with Crippen molar-refractivity contribution in [2.45, 2.75) is 44.4 Å². The van der Waals surface area contributed by atoms with Crippen LogP contribution in [-0.4, -0.2) is 30.2 Å². The van der Waals surface area contributed by atoms with E-state index in [4.69, 9.17) is 10.0 Å². The molecule has 0 aliphatic heterocycles. The van der Waals surface area contributed by atoms with E-state index in [1.54, 1.807) is 12.1 Å². The highest BCUT2D eigenvalue weighted by atomic mass is 16.5. The lowest BCUT2D eigenvalue weighted by Gasteiger charge is -2.28. The predicted octanol–water partition coefficient (Wildman–Crippen LogP) is 1.59. The molecule has 1 aromatic rings. The van der Waals surface area contributed by atoms with Crippen LogP contribution in [0.15, 0.2) is 24.3 Å². The molecule has 1 aromatic carbocycles. The summed E-state index contributed by atoms with van der Waals surface area (Å²) in [5.74, 6) is 1.05. The van der Waals surface area contributed by atoms with E-state index >= 15 is 0 Å². The van der Waals surface area contributed by atoms with Crippen molar-refractivity contribution >= 4 is 18.6 Å². The number of benzene rings is 1. The largest absolute Gasteiger partial charge is 0.488 e. The minimum absolute atomic E-state index is 0.115. The number of carbonyl (C=O) groups is 1. The second kappa shape index (κ2) is 7.62. The number of methoxy groups -OCH3 is 1. The van der Waals surface area contributed by atoms with Gasteiger partial charge < -0.3 is 14.8 Å². The van der Waals surface area contributed by atoms with Crippen molar-refractivity contribution in [3.05, 3.63) is 29.8 Å². The van der Waals surface area contributed by atoms with Crippen LogP contribution in [0.2, 0.25) is 0 Å². The van der Waals surface area contributed by atoms with Crippen molar-refractivity contribution in [1.29, 1.82) is 0 Å². The molecule has 0 unspecified atom stereocenters. The van der Waals surface area contributed by atoms with Crippen molar-refractivity contribution in [3.8, 4) is 0 Å². The predicted molar refractivity (Wildman–Crippen MR) is 82.2 cm³/mol. The standard InChI is InChI=1S/C16H23BO4/c1-21-16(18)11-4-12-2-5-13(6-3-12)14-7-9-15(10-8-14)17(19)20/h7-10,12-13,19-20H,2-6,11H2,1H3. The number of esters is 1. The quantitative estimate of drug-likeness (QED) is 0.638. The van der Waals surface area contributed by atoms with Crippen LogP contribution in [0.3, 0.4) is 0 Å². The fourth-order valence-corrected chi connectivity index (χ4v) is 3.15. The molecule has 2 N–H and O–H groups in total. The fraction of sp³-hybridized carbons (Fsp3) is 0.562. The summed E-state index contributed by atoms with van der Waals surface area (Å²) in [5.41, 5.74) is 1.80. The van der Waals surface area contributed by atoms with Gasteiger partial charge >= 0.3 is 13.1 Å². The first-order valence-electron chi connectivity index (χ1n) is 7.63. The van der Waals surface area contributed by atoms with Gasteiger partial charge in [0.05, 0.1) is 7.11 Å². The van der Waals surface area contributed by atoms with Gasteiger partial charge in [-0.15, -0.1) is 0 Å². The van der Waals surface area contributed by atoms with E-state index in [2.05, 4.69) is 4.74 Å². The van der Waals surface area contributed by atoms with Crippen LogP contribution in [0.5, 0.6) is 0 Å². The van der Waals surface area contributed by atoms with Crippen LogP contribution in [0.4, 0.5) is 0 Å². The molecule has 5 heteroatoms. The van der Waals surface area contributed by atoms with Gasteiger partial charge in [0.1, 0.15) is 0 Å². The third kappa shape index (κ3) is 4.58. The first-order chi connectivity index (χ1) is 10.1. The number of rotatable bonds is 5. The third-order valence-corrected chi connectivity index (χ3v) is 4.54. The molecule has 1 saturated carbocycles. The molecule has 4 nitrogen and oxygen atoms in total. The number of ether oxygens (including phenoxy) is 1. The highest BCUT2D eigenvalue weighted by Gasteiger charge is 2.23. The molecule has 0 bridgehead atoms. The second-order valence-electron chi connectivity index (χ2n) is 5.87. The molecule has 0 spiro atoms. The lowest BCUT2D eigenvalue weighted by Crippen LogP contribution is -2.29. The maximum absolute atomic E-state index is 11.2. The summed E-state index contributed by atoms with van der Waals surface area (Å²) >= 11 is 0. The van der Waals surface area contributed by atoms with Gasteiger partial charge in [-0.1, -0.05) is 24.3 Å². The Morgan fingerprint density at radius 2 is 1.81 bits per heavy atom. The van der Waals surface area contributed by atoms with Crippen molar-refractivity contribution in [2.75, 3.05) is 7.11 Å². The summed E-state index contributed by atoms with van der Waals surface area (Å²) < 4.78 is 4.68. The molecular formula is C16H23BO4. The first kappa shape index (κ1) is 16.1. The first-order valence-corrected chi connectivity index (χ1v) is 7.63. The van der Waals surface area contributed by atoms with Gasteiger partial charge in [0, 0.05) is 6.42 Å². The molecule has 1 aliphatic rings. The van der Waals surface area contributed by atoms with Crippen LogP contribution < -0.4 is 5.46 Å². The number of carbonyl (C=O) groups excluding carboxylic acids is 1. The molecule has 114 valence electrons. The van der Waals surface area contributed by atoms with Crippen molar-refractivity contribution in [2.24, 2.45) is 5.92 Å². The monoisotopic (exact) mass is 290 g/mol. The summed E-state index contributed by atoms with van der Waals surface area (Å²) in [7, 11) is 0.0415. The van der Waals surface area contributed by atoms with Gasteiger partial charge in [-0.3, -0.25) is 4.79 Å². The molecule has 0 amide bonds. The zero-order valence-electron chi connectivity index (χ0n) is 12.5. The molecular weight excluding hydrogens is 267 g/mol. The Hall–Kier alpha value is -1.33. The van der Waals surface area contributed by atoms with E-state index in [1.807, 2.05) is 12.1 Å². The minimum atomic E-state index is -1.40. The van der Waals surface area contributed by atoms with E-state index in [0.29, 0.717) is 23.7 Å². The van der Waals surface area contributed by atoms with E-state index in [1.165, 1.54) is 12.7 Å². The molecule has 1 fully saturated rings. The van der Waals surface area contributed by atoms with Crippen LogP contribution in [0, 0.1) is 5.92 Å². The van der Waals surface area contributed by atoms with Crippen LogP contribution >= 0.6 is 0 Å². The van der Waals surface area contributed by atoms with Gasteiger partial charge in [0.25, 0.3) is 0 Å². The van der Waals surface area contributed by atoms with E-state index < -0.39 is 7.12 Å². The molecule has 0 heterocycles. The average Bonchev–Trinajstić information content (AvgIpc) is 2.53. The van der Waals surface area contributed by atoms with Gasteiger partial charge in [-0.05, 0) is 55.0 Å². The minimum Gasteiger partial charge on any atom is -0.469 e. The smallest absolute Gasteiger partial charge is 0.469 e. The summed E-state index contributed by atoms with van der Waals surface area (Å²) in [6.45, 7) is 0.